The lowest BCUT2D eigenvalue weighted by atomic mass is 9.91. The van der Waals surface area contributed by atoms with Crippen molar-refractivity contribution in [2.24, 2.45) is 0 Å². The summed E-state index contributed by atoms with van der Waals surface area (Å²) in [5, 5.41) is 4.60. The molecule has 0 amide bonds. The fraction of sp³-hybridized carbons (Fsp3) is 0.176. The average Bonchev–Trinajstić information content (AvgIpc) is 3.23. The number of hydrogen-bond donors (Lipinski definition) is 1. The van der Waals surface area contributed by atoms with E-state index in [2.05, 4.69) is 5.10 Å². The summed E-state index contributed by atoms with van der Waals surface area (Å²) >= 11 is 11.5. The number of ether oxygens (including phenoxy) is 1. The van der Waals surface area contributed by atoms with Gasteiger partial charge in [-0.25, -0.2) is 18.1 Å². The topological polar surface area (TPSA) is 61.3 Å². The Morgan fingerprint density at radius 2 is 2.04 bits per heavy atom. The Morgan fingerprint density at radius 1 is 1.27 bits per heavy atom. The summed E-state index contributed by atoms with van der Waals surface area (Å²) in [7, 11) is 0. The minimum Gasteiger partial charge on any atom is -0.354 e. The zero-order valence-electron chi connectivity index (χ0n) is 13.3. The summed E-state index contributed by atoms with van der Waals surface area (Å²) in [4.78, 5) is 0. The quantitative estimate of drug-likeness (QED) is 0.416. The third-order valence-electron chi connectivity index (χ3n) is 4.41. The number of aromatic nitrogens is 3. The molecule has 1 aliphatic rings. The van der Waals surface area contributed by atoms with Crippen molar-refractivity contribution in [1.82, 2.24) is 14.5 Å². The van der Waals surface area contributed by atoms with Crippen molar-refractivity contribution in [2.45, 2.75) is 18.2 Å². The van der Waals surface area contributed by atoms with Gasteiger partial charge in [0.05, 0.1) is 6.54 Å². The van der Waals surface area contributed by atoms with Gasteiger partial charge in [0.25, 0.3) is 0 Å². The second-order valence-corrected chi connectivity index (χ2v) is 6.78. The molecule has 1 aromatic heterocycles. The van der Waals surface area contributed by atoms with E-state index in [1.165, 1.54) is 27.8 Å². The summed E-state index contributed by atoms with van der Waals surface area (Å²) < 4.78 is 36.7. The average molecular weight is 395 g/mol. The highest BCUT2D eigenvalue weighted by Gasteiger charge is 2.61. The molecule has 9 heteroatoms. The van der Waals surface area contributed by atoms with Gasteiger partial charge >= 0.3 is 0 Å². The van der Waals surface area contributed by atoms with E-state index in [1.807, 2.05) is 6.07 Å². The van der Waals surface area contributed by atoms with Crippen molar-refractivity contribution in [2.75, 3.05) is 5.84 Å². The maximum atomic E-state index is 14.5. The number of nitrogens with zero attached hydrogens (tertiary/aromatic N) is 3. The van der Waals surface area contributed by atoms with Gasteiger partial charge in [-0.2, -0.15) is 5.10 Å². The van der Waals surface area contributed by atoms with Crippen LogP contribution in [0.25, 0.3) is 0 Å². The highest BCUT2D eigenvalue weighted by molar-refractivity contribution is 7.71. The van der Waals surface area contributed by atoms with Crippen molar-refractivity contribution >= 4 is 23.8 Å². The van der Waals surface area contributed by atoms with E-state index >= 15 is 0 Å². The Hall–Kier alpha value is -2.29. The van der Waals surface area contributed by atoms with Crippen LogP contribution < -0.4 is 5.84 Å². The van der Waals surface area contributed by atoms with Crippen LogP contribution in [0.2, 0.25) is 5.02 Å². The van der Waals surface area contributed by atoms with E-state index in [4.69, 9.17) is 34.4 Å². The van der Waals surface area contributed by atoms with Crippen molar-refractivity contribution in [3.63, 3.8) is 0 Å². The van der Waals surface area contributed by atoms with Gasteiger partial charge < -0.3 is 10.6 Å². The van der Waals surface area contributed by atoms with Crippen LogP contribution in [0.1, 0.15) is 17.2 Å². The highest BCUT2D eigenvalue weighted by Crippen LogP contribution is 2.59. The molecule has 0 unspecified atom stereocenters. The van der Waals surface area contributed by atoms with Crippen LogP contribution in [0.3, 0.4) is 0 Å². The SMILES string of the molecule is Nn1cnn(C[C@]2(c3ccc(F)cc3F)O[C@@H]2c2ccccc2Cl)c1=S. The van der Waals surface area contributed by atoms with Crippen molar-refractivity contribution in [3.8, 4) is 0 Å². The molecule has 26 heavy (non-hydrogen) atoms. The van der Waals surface area contributed by atoms with E-state index < -0.39 is 23.3 Å². The van der Waals surface area contributed by atoms with Gasteiger partial charge in [0.15, 0.2) is 0 Å². The molecule has 2 N–H and O–H groups in total. The molecule has 134 valence electrons. The molecule has 1 aliphatic heterocycles. The summed E-state index contributed by atoms with van der Waals surface area (Å²) in [6, 6.07) is 10.5. The van der Waals surface area contributed by atoms with Crippen LogP contribution in [0, 0.1) is 16.4 Å². The van der Waals surface area contributed by atoms with Crippen LogP contribution in [-0.2, 0) is 16.9 Å². The first-order valence-corrected chi connectivity index (χ1v) is 8.48. The van der Waals surface area contributed by atoms with Crippen molar-refractivity contribution in [1.29, 1.82) is 0 Å². The van der Waals surface area contributed by atoms with Gasteiger partial charge in [0, 0.05) is 22.2 Å². The molecule has 1 saturated heterocycles. The Balaban J connectivity index is 1.82. The second-order valence-electron chi connectivity index (χ2n) is 6.01. The standard InChI is InChI=1S/C17H13ClF2N4OS/c18-13-4-2-1-3-11(13)15-17(25-15,8-24-16(26)23(21)9-22-24)12-6-5-10(19)7-14(12)20/h1-7,9,15H,8,21H2/t15-,17-/m1/s1. The van der Waals surface area contributed by atoms with Crippen LogP contribution in [0.5, 0.6) is 0 Å². The Bertz CT molecular complexity index is 1050. The molecule has 2 atom stereocenters. The monoisotopic (exact) mass is 394 g/mol. The molecule has 0 aliphatic carbocycles. The Labute approximate surface area is 157 Å². The van der Waals surface area contributed by atoms with E-state index in [-0.39, 0.29) is 16.9 Å². The first-order valence-electron chi connectivity index (χ1n) is 7.70. The first kappa shape index (κ1) is 17.1. The molecular weight excluding hydrogens is 382 g/mol. The van der Waals surface area contributed by atoms with E-state index in [0.29, 0.717) is 10.6 Å². The molecule has 0 radical (unpaired) electrons. The maximum Gasteiger partial charge on any atom is 0.216 e. The maximum absolute atomic E-state index is 14.5. The van der Waals surface area contributed by atoms with E-state index in [1.54, 1.807) is 18.2 Å². The van der Waals surface area contributed by atoms with Gasteiger partial charge in [-0.1, -0.05) is 35.9 Å². The molecular formula is C17H13ClF2N4OS. The Kier molecular flexibility index (Phi) is 4.06. The molecule has 0 bridgehead atoms. The zero-order chi connectivity index (χ0) is 18.5. The third-order valence-corrected chi connectivity index (χ3v) is 5.18. The fourth-order valence-electron chi connectivity index (χ4n) is 3.10. The van der Waals surface area contributed by atoms with Crippen LogP contribution >= 0.6 is 23.8 Å². The smallest absolute Gasteiger partial charge is 0.216 e. The molecule has 3 aromatic rings. The minimum absolute atomic E-state index is 0.106. The van der Waals surface area contributed by atoms with E-state index in [0.717, 1.165) is 6.07 Å². The van der Waals surface area contributed by atoms with Crippen molar-refractivity contribution in [3.05, 3.63) is 81.3 Å². The molecule has 0 spiro atoms. The number of halogens is 3. The number of hydrogen-bond acceptors (Lipinski definition) is 4. The lowest BCUT2D eigenvalue weighted by molar-refractivity contribution is 0.255. The van der Waals surface area contributed by atoms with Crippen LogP contribution in [0.4, 0.5) is 8.78 Å². The predicted octanol–water partition coefficient (Wildman–Crippen LogP) is 3.73. The number of epoxide rings is 1. The molecule has 5 nitrogen and oxygen atoms in total. The summed E-state index contributed by atoms with van der Waals surface area (Å²) in [5.41, 5.74) is -0.205. The highest BCUT2D eigenvalue weighted by atomic mass is 35.5. The second kappa shape index (κ2) is 6.15. The molecule has 4 rings (SSSR count). The molecule has 1 fully saturated rings. The number of benzene rings is 2. The van der Waals surface area contributed by atoms with Gasteiger partial charge in [-0.15, -0.1) is 0 Å². The largest absolute Gasteiger partial charge is 0.354 e. The Morgan fingerprint density at radius 3 is 2.69 bits per heavy atom. The molecule has 2 aromatic carbocycles. The number of nitrogens with two attached hydrogens (primary N) is 1. The van der Waals surface area contributed by atoms with Crippen LogP contribution in [0.15, 0.2) is 48.8 Å². The van der Waals surface area contributed by atoms with Crippen molar-refractivity contribution < 1.29 is 13.5 Å². The summed E-state index contributed by atoms with van der Waals surface area (Å²) in [5.74, 6) is 4.30. The van der Waals surface area contributed by atoms with Gasteiger partial charge in [-0.05, 0) is 24.4 Å². The van der Waals surface area contributed by atoms with E-state index in [9.17, 15) is 8.78 Å². The van der Waals surface area contributed by atoms with Gasteiger partial charge in [-0.3, -0.25) is 0 Å². The normalized spacial score (nSPS) is 21.7. The van der Waals surface area contributed by atoms with Crippen LogP contribution in [-0.4, -0.2) is 14.5 Å². The van der Waals surface area contributed by atoms with Gasteiger partial charge in [0.2, 0.25) is 4.77 Å². The first-order chi connectivity index (χ1) is 12.4. The number of rotatable bonds is 4. The zero-order valence-corrected chi connectivity index (χ0v) is 14.8. The molecule has 0 saturated carbocycles. The fourth-order valence-corrected chi connectivity index (χ4v) is 3.50. The summed E-state index contributed by atoms with van der Waals surface area (Å²) in [6.45, 7) is 0.106. The third kappa shape index (κ3) is 2.70. The lowest BCUT2D eigenvalue weighted by Crippen LogP contribution is -2.22. The number of nitrogen functional groups attached to an aromatic ring is 1. The summed E-state index contributed by atoms with van der Waals surface area (Å²) in [6.07, 6.45) is 0.824. The molecule has 2 heterocycles. The minimum atomic E-state index is -1.12. The van der Waals surface area contributed by atoms with Gasteiger partial charge in [0.1, 0.15) is 29.7 Å². The predicted molar refractivity (Wildman–Crippen MR) is 94.5 cm³/mol. The lowest BCUT2D eigenvalue weighted by Gasteiger charge is -2.15.